The molecule has 2 aromatic carbocycles. The molecule has 2 rings (SSSR count). The van der Waals surface area contributed by atoms with E-state index in [-0.39, 0.29) is 5.75 Å². The van der Waals surface area contributed by atoms with E-state index in [1.807, 2.05) is 38.1 Å². The first kappa shape index (κ1) is 11.5. The first-order chi connectivity index (χ1) is 8.06. The summed E-state index contributed by atoms with van der Waals surface area (Å²) in [6, 6.07) is 11.2. The minimum atomic E-state index is 0.284. The summed E-state index contributed by atoms with van der Waals surface area (Å²) in [7, 11) is 0. The fourth-order valence-corrected chi connectivity index (χ4v) is 2.00. The van der Waals surface area contributed by atoms with E-state index < -0.39 is 0 Å². The van der Waals surface area contributed by atoms with E-state index in [0.29, 0.717) is 5.75 Å². The quantitative estimate of drug-likeness (QED) is 0.828. The highest BCUT2D eigenvalue weighted by Gasteiger charge is 2.04. The normalized spacial score (nSPS) is 10.5. The van der Waals surface area contributed by atoms with Crippen LogP contribution in [0, 0.1) is 13.8 Å². The van der Waals surface area contributed by atoms with Gasteiger partial charge in [-0.1, -0.05) is 24.3 Å². The third kappa shape index (κ3) is 2.59. The molecule has 2 N–H and O–H groups in total. The van der Waals surface area contributed by atoms with Crippen molar-refractivity contribution in [3.8, 4) is 11.5 Å². The van der Waals surface area contributed by atoms with Crippen LogP contribution in [-0.2, 0) is 6.42 Å². The average Bonchev–Trinajstić information content (AvgIpc) is 2.29. The molecule has 0 bridgehead atoms. The van der Waals surface area contributed by atoms with Gasteiger partial charge in [-0.3, -0.25) is 0 Å². The van der Waals surface area contributed by atoms with Crippen LogP contribution in [0.2, 0.25) is 0 Å². The largest absolute Gasteiger partial charge is 0.508 e. The second-order valence-corrected chi connectivity index (χ2v) is 4.42. The fourth-order valence-electron chi connectivity index (χ4n) is 2.00. The van der Waals surface area contributed by atoms with Crippen molar-refractivity contribution in [3.05, 3.63) is 58.7 Å². The molecule has 0 spiro atoms. The Bertz CT molecular complexity index is 504. The summed E-state index contributed by atoms with van der Waals surface area (Å²) in [5.41, 5.74) is 4.12. The van der Waals surface area contributed by atoms with Crippen LogP contribution in [0.15, 0.2) is 36.4 Å². The number of aromatic hydroxyl groups is 2. The van der Waals surface area contributed by atoms with Gasteiger partial charge >= 0.3 is 0 Å². The van der Waals surface area contributed by atoms with Crippen molar-refractivity contribution in [2.75, 3.05) is 0 Å². The molecule has 2 heteroatoms. The molecule has 0 heterocycles. The molecule has 0 saturated heterocycles. The Morgan fingerprint density at radius 2 is 1.35 bits per heavy atom. The molecule has 88 valence electrons. The number of benzene rings is 2. The van der Waals surface area contributed by atoms with Crippen molar-refractivity contribution in [1.29, 1.82) is 0 Å². The lowest BCUT2D eigenvalue weighted by Gasteiger charge is -2.08. The van der Waals surface area contributed by atoms with Gasteiger partial charge in [0.2, 0.25) is 0 Å². The van der Waals surface area contributed by atoms with E-state index in [1.54, 1.807) is 12.1 Å². The van der Waals surface area contributed by atoms with Crippen molar-refractivity contribution in [2.24, 2.45) is 0 Å². The Kier molecular flexibility index (Phi) is 3.05. The van der Waals surface area contributed by atoms with Crippen LogP contribution in [-0.4, -0.2) is 10.2 Å². The van der Waals surface area contributed by atoms with Crippen molar-refractivity contribution in [3.63, 3.8) is 0 Å². The van der Waals surface area contributed by atoms with Crippen molar-refractivity contribution >= 4 is 0 Å². The molecule has 0 aromatic heterocycles. The van der Waals surface area contributed by atoms with Crippen LogP contribution in [0.1, 0.15) is 22.3 Å². The summed E-state index contributed by atoms with van der Waals surface area (Å²) in [6.07, 6.45) is 0.808. The molecule has 2 nitrogen and oxygen atoms in total. The van der Waals surface area contributed by atoms with E-state index in [4.69, 9.17) is 0 Å². The lowest BCUT2D eigenvalue weighted by Crippen LogP contribution is -1.91. The Labute approximate surface area is 101 Å². The zero-order chi connectivity index (χ0) is 12.4. The molecule has 0 aliphatic heterocycles. The van der Waals surface area contributed by atoms with Crippen molar-refractivity contribution in [2.45, 2.75) is 20.3 Å². The lowest BCUT2D eigenvalue weighted by atomic mass is 10.00. The number of rotatable bonds is 2. The topological polar surface area (TPSA) is 40.5 Å². The minimum absolute atomic E-state index is 0.284. The van der Waals surface area contributed by atoms with Gasteiger partial charge in [-0.15, -0.1) is 0 Å². The third-order valence-corrected chi connectivity index (χ3v) is 2.90. The smallest absolute Gasteiger partial charge is 0.121 e. The molecule has 0 saturated carbocycles. The SMILES string of the molecule is Cc1cc(Cc2ccc(O)cc2)cc(C)c1O. The monoisotopic (exact) mass is 228 g/mol. The molecule has 0 aliphatic rings. The first-order valence-electron chi connectivity index (χ1n) is 5.63. The van der Waals surface area contributed by atoms with Gasteiger partial charge in [-0.05, 0) is 54.7 Å². The zero-order valence-corrected chi connectivity index (χ0v) is 10.1. The highest BCUT2D eigenvalue weighted by molar-refractivity contribution is 5.43. The Morgan fingerprint density at radius 1 is 0.824 bits per heavy atom. The minimum Gasteiger partial charge on any atom is -0.508 e. The van der Waals surface area contributed by atoms with Gasteiger partial charge < -0.3 is 10.2 Å². The van der Waals surface area contributed by atoms with E-state index in [1.165, 1.54) is 5.56 Å². The molecule has 0 radical (unpaired) electrons. The first-order valence-corrected chi connectivity index (χ1v) is 5.63. The van der Waals surface area contributed by atoms with Gasteiger partial charge in [0.1, 0.15) is 11.5 Å². The summed E-state index contributed by atoms with van der Waals surface area (Å²) in [5.74, 6) is 0.659. The van der Waals surface area contributed by atoms with Crippen LogP contribution in [0.5, 0.6) is 11.5 Å². The standard InChI is InChI=1S/C15H16O2/c1-10-7-13(8-11(2)15(10)17)9-12-3-5-14(16)6-4-12/h3-8,16-17H,9H2,1-2H3. The fraction of sp³-hybridized carbons (Fsp3) is 0.200. The molecule has 0 unspecified atom stereocenters. The molecule has 2 aromatic rings. The number of phenolic OH excluding ortho intramolecular Hbond substituents is 2. The van der Waals surface area contributed by atoms with Gasteiger partial charge in [0.05, 0.1) is 0 Å². The predicted molar refractivity (Wildman–Crippen MR) is 68.5 cm³/mol. The highest BCUT2D eigenvalue weighted by Crippen LogP contribution is 2.24. The summed E-state index contributed by atoms with van der Waals surface area (Å²) in [4.78, 5) is 0. The summed E-state index contributed by atoms with van der Waals surface area (Å²) in [6.45, 7) is 3.81. The Morgan fingerprint density at radius 3 is 1.88 bits per heavy atom. The van der Waals surface area contributed by atoms with Crippen molar-refractivity contribution in [1.82, 2.24) is 0 Å². The van der Waals surface area contributed by atoms with E-state index >= 15 is 0 Å². The van der Waals surface area contributed by atoms with Crippen LogP contribution in [0.4, 0.5) is 0 Å². The molecular weight excluding hydrogens is 212 g/mol. The van der Waals surface area contributed by atoms with Gasteiger partial charge in [0.15, 0.2) is 0 Å². The Hall–Kier alpha value is -1.96. The van der Waals surface area contributed by atoms with E-state index in [0.717, 1.165) is 23.1 Å². The molecule has 0 fully saturated rings. The van der Waals surface area contributed by atoms with Crippen LogP contribution < -0.4 is 0 Å². The molecular formula is C15H16O2. The number of phenols is 2. The molecule has 0 aliphatic carbocycles. The second kappa shape index (κ2) is 4.50. The van der Waals surface area contributed by atoms with Crippen LogP contribution in [0.25, 0.3) is 0 Å². The van der Waals surface area contributed by atoms with Gasteiger partial charge in [0, 0.05) is 0 Å². The van der Waals surface area contributed by atoms with E-state index in [9.17, 15) is 10.2 Å². The number of aryl methyl sites for hydroxylation is 2. The van der Waals surface area contributed by atoms with Gasteiger partial charge in [-0.2, -0.15) is 0 Å². The second-order valence-electron chi connectivity index (χ2n) is 4.42. The Balaban J connectivity index is 2.27. The highest BCUT2D eigenvalue weighted by atomic mass is 16.3. The van der Waals surface area contributed by atoms with Crippen LogP contribution in [0.3, 0.4) is 0 Å². The predicted octanol–water partition coefficient (Wildman–Crippen LogP) is 3.31. The van der Waals surface area contributed by atoms with E-state index in [2.05, 4.69) is 0 Å². The third-order valence-electron chi connectivity index (χ3n) is 2.90. The molecule has 0 atom stereocenters. The summed E-state index contributed by atoms with van der Waals surface area (Å²) >= 11 is 0. The molecule has 17 heavy (non-hydrogen) atoms. The molecule has 0 amide bonds. The van der Waals surface area contributed by atoms with Gasteiger partial charge in [-0.25, -0.2) is 0 Å². The summed E-state index contributed by atoms with van der Waals surface area (Å²) in [5, 5.41) is 18.9. The van der Waals surface area contributed by atoms with Crippen LogP contribution >= 0.6 is 0 Å². The van der Waals surface area contributed by atoms with Gasteiger partial charge in [0.25, 0.3) is 0 Å². The number of hydrogen-bond donors (Lipinski definition) is 2. The summed E-state index contributed by atoms with van der Waals surface area (Å²) < 4.78 is 0. The number of hydrogen-bond acceptors (Lipinski definition) is 2. The lowest BCUT2D eigenvalue weighted by molar-refractivity contribution is 0.466. The maximum Gasteiger partial charge on any atom is 0.121 e. The maximum absolute atomic E-state index is 9.70. The zero-order valence-electron chi connectivity index (χ0n) is 10.1. The average molecular weight is 228 g/mol. The maximum atomic E-state index is 9.70. The van der Waals surface area contributed by atoms with Crippen molar-refractivity contribution < 1.29 is 10.2 Å².